The second kappa shape index (κ2) is 7.67. The first-order valence-electron chi connectivity index (χ1n) is 6.64. The summed E-state index contributed by atoms with van der Waals surface area (Å²) in [6.45, 7) is -0.906. The minimum absolute atomic E-state index is 0.131. The van der Waals surface area contributed by atoms with Crippen LogP contribution in [0.2, 0.25) is 5.02 Å². The van der Waals surface area contributed by atoms with Gasteiger partial charge >= 0.3 is 5.97 Å². The standard InChI is InChI=1S/C15H9ClF2N2O5/c16-8-4-5-12(20(23)24)11(6-8)19-13(21)7-25-15(22)14-9(17)2-1-3-10(14)18/h1-6H,7H2,(H,19,21). The number of ether oxygens (including phenoxy) is 1. The Morgan fingerprint density at radius 3 is 2.44 bits per heavy atom. The molecule has 0 heterocycles. The van der Waals surface area contributed by atoms with Crippen molar-refractivity contribution in [2.45, 2.75) is 0 Å². The zero-order valence-electron chi connectivity index (χ0n) is 12.3. The highest BCUT2D eigenvalue weighted by Crippen LogP contribution is 2.27. The van der Waals surface area contributed by atoms with Gasteiger partial charge in [0.2, 0.25) is 0 Å². The largest absolute Gasteiger partial charge is 0.452 e. The Kier molecular flexibility index (Phi) is 5.60. The number of nitrogens with zero attached hydrogens (tertiary/aromatic N) is 1. The van der Waals surface area contributed by atoms with Crippen molar-refractivity contribution in [1.29, 1.82) is 0 Å². The summed E-state index contributed by atoms with van der Waals surface area (Å²) in [6, 6.07) is 6.25. The number of nitro groups is 1. The maximum absolute atomic E-state index is 13.4. The number of amides is 1. The average Bonchev–Trinajstić information content (AvgIpc) is 2.52. The highest BCUT2D eigenvalue weighted by atomic mass is 35.5. The molecule has 7 nitrogen and oxygen atoms in total. The molecule has 0 bridgehead atoms. The van der Waals surface area contributed by atoms with E-state index in [0.29, 0.717) is 0 Å². The molecule has 0 saturated heterocycles. The number of halogens is 3. The Morgan fingerprint density at radius 1 is 1.20 bits per heavy atom. The SMILES string of the molecule is O=C(COC(=O)c1c(F)cccc1F)Nc1cc(Cl)ccc1[N+](=O)[O-]. The van der Waals surface area contributed by atoms with Crippen molar-refractivity contribution in [1.82, 2.24) is 0 Å². The van der Waals surface area contributed by atoms with Gasteiger partial charge in [-0.1, -0.05) is 17.7 Å². The molecule has 1 N–H and O–H groups in total. The van der Waals surface area contributed by atoms with Gasteiger partial charge in [0, 0.05) is 11.1 Å². The first-order valence-corrected chi connectivity index (χ1v) is 7.02. The fraction of sp³-hybridized carbons (Fsp3) is 0.0667. The van der Waals surface area contributed by atoms with Crippen LogP contribution in [0.3, 0.4) is 0 Å². The number of carbonyl (C=O) groups is 2. The zero-order valence-corrected chi connectivity index (χ0v) is 13.0. The van der Waals surface area contributed by atoms with Crippen molar-refractivity contribution >= 4 is 34.9 Å². The molecule has 0 radical (unpaired) electrons. The highest BCUT2D eigenvalue weighted by molar-refractivity contribution is 6.31. The lowest BCUT2D eigenvalue weighted by Gasteiger charge is -2.08. The van der Waals surface area contributed by atoms with E-state index >= 15 is 0 Å². The number of carbonyl (C=O) groups excluding carboxylic acids is 2. The molecule has 0 fully saturated rings. The number of nitrogens with one attached hydrogen (secondary N) is 1. The van der Waals surface area contributed by atoms with E-state index in [0.717, 1.165) is 30.3 Å². The van der Waals surface area contributed by atoms with Gasteiger partial charge in [-0.2, -0.15) is 0 Å². The topological polar surface area (TPSA) is 98.5 Å². The average molecular weight is 371 g/mol. The number of esters is 1. The third kappa shape index (κ3) is 4.48. The predicted octanol–water partition coefficient (Wildman–Crippen LogP) is 3.32. The molecule has 0 aliphatic rings. The fourth-order valence-electron chi connectivity index (χ4n) is 1.85. The second-order valence-electron chi connectivity index (χ2n) is 4.64. The van der Waals surface area contributed by atoms with E-state index < -0.39 is 46.3 Å². The summed E-state index contributed by atoms with van der Waals surface area (Å²) in [7, 11) is 0. The lowest BCUT2D eigenvalue weighted by Crippen LogP contribution is -2.22. The first-order chi connectivity index (χ1) is 11.8. The summed E-state index contributed by atoms with van der Waals surface area (Å²) in [4.78, 5) is 33.6. The minimum Gasteiger partial charge on any atom is -0.452 e. The number of nitro benzene ring substituents is 1. The molecule has 1 amide bonds. The molecule has 130 valence electrons. The quantitative estimate of drug-likeness (QED) is 0.494. The number of hydrogen-bond donors (Lipinski definition) is 1. The summed E-state index contributed by atoms with van der Waals surface area (Å²) >= 11 is 5.70. The molecular weight excluding hydrogens is 362 g/mol. The Bertz CT molecular complexity index is 840. The van der Waals surface area contributed by atoms with Crippen LogP contribution in [0.15, 0.2) is 36.4 Å². The van der Waals surface area contributed by atoms with Gasteiger partial charge in [-0.15, -0.1) is 0 Å². The molecule has 0 spiro atoms. The third-order valence-electron chi connectivity index (χ3n) is 2.93. The summed E-state index contributed by atoms with van der Waals surface area (Å²) in [6.07, 6.45) is 0. The van der Waals surface area contributed by atoms with E-state index in [-0.39, 0.29) is 10.7 Å². The maximum Gasteiger partial charge on any atom is 0.344 e. The molecule has 0 saturated carbocycles. The molecule has 0 atom stereocenters. The molecule has 25 heavy (non-hydrogen) atoms. The summed E-state index contributed by atoms with van der Waals surface area (Å²) in [5.41, 5.74) is -1.58. The molecule has 0 unspecified atom stereocenters. The Morgan fingerprint density at radius 2 is 1.84 bits per heavy atom. The van der Waals surface area contributed by atoms with E-state index in [9.17, 15) is 28.5 Å². The maximum atomic E-state index is 13.4. The van der Waals surface area contributed by atoms with Gasteiger partial charge < -0.3 is 10.1 Å². The Balaban J connectivity index is 2.06. The monoisotopic (exact) mass is 370 g/mol. The molecule has 2 aromatic carbocycles. The normalized spacial score (nSPS) is 10.2. The van der Waals surface area contributed by atoms with Gasteiger partial charge in [-0.05, 0) is 24.3 Å². The van der Waals surface area contributed by atoms with Crippen LogP contribution in [0, 0.1) is 21.7 Å². The molecule has 0 aromatic heterocycles. The minimum atomic E-state index is -1.38. The third-order valence-corrected chi connectivity index (χ3v) is 3.17. The van der Waals surface area contributed by atoms with E-state index in [4.69, 9.17) is 11.6 Å². The smallest absolute Gasteiger partial charge is 0.344 e. The molecule has 0 aliphatic carbocycles. The van der Waals surface area contributed by atoms with Gasteiger partial charge in [0.25, 0.3) is 11.6 Å². The van der Waals surface area contributed by atoms with Gasteiger partial charge in [-0.3, -0.25) is 14.9 Å². The molecule has 2 rings (SSSR count). The van der Waals surface area contributed by atoms with Crippen molar-refractivity contribution in [2.75, 3.05) is 11.9 Å². The number of anilines is 1. The van der Waals surface area contributed by atoms with E-state index in [1.54, 1.807) is 0 Å². The van der Waals surface area contributed by atoms with Crippen LogP contribution in [-0.2, 0) is 9.53 Å². The lowest BCUT2D eigenvalue weighted by atomic mass is 10.2. The molecule has 10 heteroatoms. The van der Waals surface area contributed by atoms with Crippen molar-refractivity contribution in [3.8, 4) is 0 Å². The van der Waals surface area contributed by atoms with Gasteiger partial charge in [-0.25, -0.2) is 13.6 Å². The molecule has 0 aliphatic heterocycles. The number of hydrogen-bond acceptors (Lipinski definition) is 5. The second-order valence-corrected chi connectivity index (χ2v) is 5.08. The lowest BCUT2D eigenvalue weighted by molar-refractivity contribution is -0.383. The van der Waals surface area contributed by atoms with Crippen molar-refractivity contribution in [3.63, 3.8) is 0 Å². The zero-order chi connectivity index (χ0) is 18.6. The fourth-order valence-corrected chi connectivity index (χ4v) is 2.02. The summed E-state index contributed by atoms with van der Waals surface area (Å²) in [5, 5.41) is 13.2. The van der Waals surface area contributed by atoms with E-state index in [2.05, 4.69) is 10.1 Å². The van der Waals surface area contributed by atoms with Crippen molar-refractivity contribution < 1.29 is 28.0 Å². The molecule has 2 aromatic rings. The van der Waals surface area contributed by atoms with Crippen molar-refractivity contribution in [2.24, 2.45) is 0 Å². The van der Waals surface area contributed by atoms with Crippen LogP contribution >= 0.6 is 11.6 Å². The van der Waals surface area contributed by atoms with Gasteiger partial charge in [0.05, 0.1) is 4.92 Å². The van der Waals surface area contributed by atoms with Gasteiger partial charge in [0.1, 0.15) is 22.9 Å². The molecular formula is C15H9ClF2N2O5. The van der Waals surface area contributed by atoms with Crippen LogP contribution in [-0.4, -0.2) is 23.4 Å². The highest BCUT2D eigenvalue weighted by Gasteiger charge is 2.21. The van der Waals surface area contributed by atoms with Crippen LogP contribution < -0.4 is 5.32 Å². The predicted molar refractivity (Wildman–Crippen MR) is 83.4 cm³/mol. The summed E-state index contributed by atoms with van der Waals surface area (Å²) in [5.74, 6) is -4.62. The van der Waals surface area contributed by atoms with E-state index in [1.807, 2.05) is 0 Å². The van der Waals surface area contributed by atoms with Gasteiger partial charge in [0.15, 0.2) is 6.61 Å². The van der Waals surface area contributed by atoms with E-state index in [1.165, 1.54) is 6.07 Å². The van der Waals surface area contributed by atoms with Crippen LogP contribution in [0.1, 0.15) is 10.4 Å². The Hall–Kier alpha value is -3.07. The van der Waals surface area contributed by atoms with Crippen LogP contribution in [0.25, 0.3) is 0 Å². The number of benzene rings is 2. The Labute approximate surface area is 144 Å². The number of rotatable bonds is 5. The first kappa shape index (κ1) is 18.3. The summed E-state index contributed by atoms with van der Waals surface area (Å²) < 4.78 is 31.4. The van der Waals surface area contributed by atoms with Crippen LogP contribution in [0.4, 0.5) is 20.2 Å². The van der Waals surface area contributed by atoms with Crippen molar-refractivity contribution in [3.05, 3.63) is 68.7 Å². The van der Waals surface area contributed by atoms with Crippen LogP contribution in [0.5, 0.6) is 0 Å².